The monoisotopic (exact) mass is 515 g/mol. The number of halogens is 2. The maximum Gasteiger partial charge on any atom is 0.311 e. The van der Waals surface area contributed by atoms with Crippen molar-refractivity contribution in [2.45, 2.75) is 18.8 Å². The molecule has 0 saturated heterocycles. The van der Waals surface area contributed by atoms with Gasteiger partial charge in [-0.2, -0.15) is 0 Å². The van der Waals surface area contributed by atoms with E-state index in [4.69, 9.17) is 37.4 Å². The summed E-state index contributed by atoms with van der Waals surface area (Å²) in [6.45, 7) is 0.733. The average molecular weight is 516 g/mol. The molecule has 0 aliphatic carbocycles. The highest BCUT2D eigenvalue weighted by molar-refractivity contribution is 6.32. The maximum absolute atomic E-state index is 12.5. The smallest absolute Gasteiger partial charge is 0.311 e. The number of aliphatic carboxylic acids is 1. The molecule has 1 amide bonds. The van der Waals surface area contributed by atoms with Crippen molar-refractivity contribution in [3.8, 4) is 23.0 Å². The van der Waals surface area contributed by atoms with Crippen molar-refractivity contribution in [1.82, 2.24) is 5.32 Å². The molecule has 3 aromatic carbocycles. The number of carbonyl (C=O) groups is 2. The van der Waals surface area contributed by atoms with Crippen LogP contribution in [-0.2, 0) is 11.2 Å². The van der Waals surface area contributed by atoms with Gasteiger partial charge in [-0.15, -0.1) is 0 Å². The lowest BCUT2D eigenvalue weighted by Gasteiger charge is -2.24. The van der Waals surface area contributed by atoms with Crippen LogP contribution in [0.4, 0.5) is 0 Å². The van der Waals surface area contributed by atoms with Crippen LogP contribution in [0.25, 0.3) is 0 Å². The van der Waals surface area contributed by atoms with Gasteiger partial charge < -0.3 is 24.6 Å². The van der Waals surface area contributed by atoms with E-state index in [0.29, 0.717) is 65.1 Å². The van der Waals surface area contributed by atoms with Crippen LogP contribution in [0.2, 0.25) is 10.0 Å². The van der Waals surface area contributed by atoms with E-state index in [1.165, 1.54) is 0 Å². The molecule has 1 atom stereocenters. The Bertz CT molecular complexity index is 1250. The minimum atomic E-state index is -0.916. The second-order valence-corrected chi connectivity index (χ2v) is 8.78. The zero-order valence-corrected chi connectivity index (χ0v) is 20.4. The number of methoxy groups -OCH3 is 1. The van der Waals surface area contributed by atoms with Crippen LogP contribution in [0.1, 0.15) is 33.8 Å². The Balaban J connectivity index is 1.38. The summed E-state index contributed by atoms with van der Waals surface area (Å²) in [5, 5.41) is 13.2. The first-order valence-corrected chi connectivity index (χ1v) is 11.7. The third-order valence-electron chi connectivity index (χ3n) is 5.68. The fourth-order valence-electron chi connectivity index (χ4n) is 3.86. The Morgan fingerprint density at radius 1 is 1.09 bits per heavy atom. The van der Waals surface area contributed by atoms with Crippen molar-refractivity contribution in [3.05, 3.63) is 81.3 Å². The lowest BCUT2D eigenvalue weighted by atomic mass is 9.93. The molecular weight excluding hydrogens is 493 g/mol. The number of carbonyl (C=O) groups excluding carboxylic acids is 1. The van der Waals surface area contributed by atoms with Gasteiger partial charge >= 0.3 is 5.97 Å². The number of hydrogen-bond donors (Lipinski definition) is 2. The molecule has 0 saturated carbocycles. The fourth-order valence-corrected chi connectivity index (χ4v) is 4.24. The van der Waals surface area contributed by atoms with Gasteiger partial charge in [-0.1, -0.05) is 29.3 Å². The highest BCUT2D eigenvalue weighted by Crippen LogP contribution is 2.41. The van der Waals surface area contributed by atoms with Crippen molar-refractivity contribution in [3.63, 3.8) is 0 Å². The second-order valence-electron chi connectivity index (χ2n) is 7.94. The molecule has 0 bridgehead atoms. The topological polar surface area (TPSA) is 94.1 Å². The van der Waals surface area contributed by atoms with Crippen LogP contribution in [0, 0.1) is 0 Å². The molecule has 0 fully saturated rings. The summed E-state index contributed by atoms with van der Waals surface area (Å²) in [5.74, 6) is 0.133. The predicted molar refractivity (Wildman–Crippen MR) is 132 cm³/mol. The summed E-state index contributed by atoms with van der Waals surface area (Å²) in [6.07, 6.45) is 0.977. The van der Waals surface area contributed by atoms with E-state index in [2.05, 4.69) is 5.32 Å². The lowest BCUT2D eigenvalue weighted by molar-refractivity contribution is -0.139. The summed E-state index contributed by atoms with van der Waals surface area (Å²) in [5.41, 5.74) is 1.95. The van der Waals surface area contributed by atoms with Crippen LogP contribution in [-0.4, -0.2) is 37.2 Å². The van der Waals surface area contributed by atoms with E-state index in [1.807, 2.05) is 6.07 Å². The molecule has 1 aliphatic heterocycles. The first-order valence-electron chi connectivity index (χ1n) is 10.9. The molecule has 182 valence electrons. The first kappa shape index (κ1) is 24.7. The number of carboxylic acid groups (broad SMARTS) is 1. The van der Waals surface area contributed by atoms with E-state index >= 15 is 0 Å². The largest absolute Gasteiger partial charge is 0.496 e. The predicted octanol–water partition coefficient (Wildman–Crippen LogP) is 5.72. The normalized spacial score (nSPS) is 14.4. The van der Waals surface area contributed by atoms with Gasteiger partial charge in [-0.3, -0.25) is 9.59 Å². The summed E-state index contributed by atoms with van der Waals surface area (Å²) < 4.78 is 16.8. The molecule has 0 spiro atoms. The van der Waals surface area contributed by atoms with E-state index in [1.54, 1.807) is 55.6 Å². The van der Waals surface area contributed by atoms with Gasteiger partial charge in [0.15, 0.2) is 0 Å². The highest BCUT2D eigenvalue weighted by Gasteiger charge is 2.29. The Kier molecular flexibility index (Phi) is 7.68. The molecule has 9 heteroatoms. The van der Waals surface area contributed by atoms with E-state index < -0.39 is 11.9 Å². The van der Waals surface area contributed by atoms with Crippen LogP contribution in [0.3, 0.4) is 0 Å². The Morgan fingerprint density at radius 2 is 1.86 bits per heavy atom. The minimum Gasteiger partial charge on any atom is -0.496 e. The van der Waals surface area contributed by atoms with Gasteiger partial charge in [0.05, 0.1) is 24.7 Å². The van der Waals surface area contributed by atoms with Gasteiger partial charge in [-0.05, 0) is 60.9 Å². The van der Waals surface area contributed by atoms with Crippen molar-refractivity contribution in [2.24, 2.45) is 0 Å². The highest BCUT2D eigenvalue weighted by atomic mass is 35.5. The standard InChI is InChI=1S/C26H23Cl2NO6/c1-33-22-12-17(27)5-2-15(22)8-10-29-25(30)16-3-6-18(7-4-16)35-24-14-23-20(13-21(24)28)19(26(31)32)9-11-34-23/h2-7,12-14,19H,8-11H2,1H3,(H,29,30)(H,31,32)/t19-/m1/s1. The van der Waals surface area contributed by atoms with Gasteiger partial charge in [0.2, 0.25) is 0 Å². The van der Waals surface area contributed by atoms with Crippen molar-refractivity contribution >= 4 is 35.1 Å². The number of carboxylic acids is 1. The van der Waals surface area contributed by atoms with Crippen molar-refractivity contribution < 1.29 is 28.9 Å². The Hall–Kier alpha value is -3.42. The van der Waals surface area contributed by atoms with Gasteiger partial charge in [0.1, 0.15) is 23.0 Å². The van der Waals surface area contributed by atoms with E-state index in [0.717, 1.165) is 5.56 Å². The molecule has 4 rings (SSSR count). The van der Waals surface area contributed by atoms with Gasteiger partial charge in [0.25, 0.3) is 5.91 Å². The molecule has 1 heterocycles. The Morgan fingerprint density at radius 3 is 2.57 bits per heavy atom. The maximum atomic E-state index is 12.5. The Labute approximate surface area is 212 Å². The van der Waals surface area contributed by atoms with Crippen LogP contribution >= 0.6 is 23.2 Å². The molecule has 0 unspecified atom stereocenters. The summed E-state index contributed by atoms with van der Waals surface area (Å²) in [6, 6.07) is 15.2. The second kappa shape index (κ2) is 10.9. The van der Waals surface area contributed by atoms with Crippen molar-refractivity contribution in [1.29, 1.82) is 0 Å². The molecule has 0 aromatic heterocycles. The molecule has 1 aliphatic rings. The summed E-state index contributed by atoms with van der Waals surface area (Å²) >= 11 is 12.3. The number of nitrogens with one attached hydrogen (secondary N) is 1. The minimum absolute atomic E-state index is 0.218. The zero-order chi connectivity index (χ0) is 24.9. The zero-order valence-electron chi connectivity index (χ0n) is 18.8. The fraction of sp³-hybridized carbons (Fsp3) is 0.231. The van der Waals surface area contributed by atoms with E-state index in [-0.39, 0.29) is 10.9 Å². The van der Waals surface area contributed by atoms with Crippen molar-refractivity contribution in [2.75, 3.05) is 20.3 Å². The van der Waals surface area contributed by atoms with Crippen LogP contribution < -0.4 is 19.5 Å². The van der Waals surface area contributed by atoms with Gasteiger partial charge in [0, 0.05) is 28.8 Å². The molecule has 35 heavy (non-hydrogen) atoms. The first-order chi connectivity index (χ1) is 16.9. The summed E-state index contributed by atoms with van der Waals surface area (Å²) in [7, 11) is 1.58. The molecule has 7 nitrogen and oxygen atoms in total. The molecule has 0 radical (unpaired) electrons. The molecule has 3 aromatic rings. The number of benzene rings is 3. The van der Waals surface area contributed by atoms with Gasteiger partial charge in [-0.25, -0.2) is 0 Å². The quantitative estimate of drug-likeness (QED) is 0.398. The molecular formula is C26H23Cl2NO6. The number of rotatable bonds is 8. The van der Waals surface area contributed by atoms with Crippen LogP contribution in [0.15, 0.2) is 54.6 Å². The lowest BCUT2D eigenvalue weighted by Crippen LogP contribution is -2.25. The van der Waals surface area contributed by atoms with E-state index in [9.17, 15) is 14.7 Å². The number of hydrogen-bond acceptors (Lipinski definition) is 5. The van der Waals surface area contributed by atoms with Crippen LogP contribution in [0.5, 0.6) is 23.0 Å². The number of fused-ring (bicyclic) bond motifs is 1. The number of ether oxygens (including phenoxy) is 3. The number of amides is 1. The SMILES string of the molecule is COc1cc(Cl)ccc1CCNC(=O)c1ccc(Oc2cc3c(cc2Cl)[C@H](C(=O)O)CCO3)cc1. The summed E-state index contributed by atoms with van der Waals surface area (Å²) in [4.78, 5) is 24.0. The average Bonchev–Trinajstić information content (AvgIpc) is 2.85. The third kappa shape index (κ3) is 5.81. The third-order valence-corrected chi connectivity index (χ3v) is 6.21. The molecule has 2 N–H and O–H groups in total.